The van der Waals surface area contributed by atoms with E-state index < -0.39 is 0 Å². The van der Waals surface area contributed by atoms with Gasteiger partial charge in [0.2, 0.25) is 0 Å². The lowest BCUT2D eigenvalue weighted by Gasteiger charge is -2.06. The van der Waals surface area contributed by atoms with Crippen molar-refractivity contribution in [3.05, 3.63) is 63.6 Å². The standard InChI is InChI=1S/C15H16BrNS/c1-11-3-2-4-12(7-11)9-18-10-13-5-6-14(17)8-15(13)16/h2-8H,9-10,17H2,1H3. The SMILES string of the molecule is Cc1cccc(CSCc2ccc(N)cc2Br)c1. The minimum absolute atomic E-state index is 0.800. The summed E-state index contributed by atoms with van der Waals surface area (Å²) >= 11 is 5.47. The van der Waals surface area contributed by atoms with Crippen molar-refractivity contribution in [2.45, 2.75) is 18.4 Å². The second-order valence-corrected chi connectivity index (χ2v) is 6.17. The number of anilines is 1. The number of hydrogen-bond acceptors (Lipinski definition) is 2. The fourth-order valence-electron chi connectivity index (χ4n) is 1.76. The van der Waals surface area contributed by atoms with Gasteiger partial charge in [-0.25, -0.2) is 0 Å². The number of nitrogens with two attached hydrogens (primary N) is 1. The molecule has 2 rings (SSSR count). The second kappa shape index (κ2) is 6.30. The Morgan fingerprint density at radius 1 is 1.11 bits per heavy atom. The van der Waals surface area contributed by atoms with Crippen molar-refractivity contribution in [2.75, 3.05) is 5.73 Å². The van der Waals surface area contributed by atoms with Crippen LogP contribution < -0.4 is 5.73 Å². The quantitative estimate of drug-likeness (QED) is 0.820. The largest absolute Gasteiger partial charge is 0.399 e. The summed E-state index contributed by atoms with van der Waals surface area (Å²) in [7, 11) is 0. The molecular formula is C15H16BrNS. The number of benzene rings is 2. The van der Waals surface area contributed by atoms with E-state index in [4.69, 9.17) is 5.73 Å². The smallest absolute Gasteiger partial charge is 0.0325 e. The minimum atomic E-state index is 0.800. The van der Waals surface area contributed by atoms with Crippen LogP contribution >= 0.6 is 27.7 Å². The Kier molecular flexibility index (Phi) is 4.72. The van der Waals surface area contributed by atoms with Gasteiger partial charge in [0.15, 0.2) is 0 Å². The van der Waals surface area contributed by atoms with Gasteiger partial charge in [-0.15, -0.1) is 0 Å². The summed E-state index contributed by atoms with van der Waals surface area (Å²) in [5.41, 5.74) is 10.5. The summed E-state index contributed by atoms with van der Waals surface area (Å²) in [5.74, 6) is 2.04. The van der Waals surface area contributed by atoms with E-state index in [1.54, 1.807) is 0 Å². The fourth-order valence-corrected chi connectivity index (χ4v) is 3.47. The van der Waals surface area contributed by atoms with Gasteiger partial charge in [-0.1, -0.05) is 51.8 Å². The molecule has 0 aliphatic carbocycles. The highest BCUT2D eigenvalue weighted by atomic mass is 79.9. The van der Waals surface area contributed by atoms with E-state index in [2.05, 4.69) is 53.2 Å². The van der Waals surface area contributed by atoms with Crippen molar-refractivity contribution in [1.82, 2.24) is 0 Å². The summed E-state index contributed by atoms with van der Waals surface area (Å²) in [5, 5.41) is 0. The van der Waals surface area contributed by atoms with E-state index >= 15 is 0 Å². The monoisotopic (exact) mass is 321 g/mol. The maximum Gasteiger partial charge on any atom is 0.0325 e. The van der Waals surface area contributed by atoms with Gasteiger partial charge in [-0.05, 0) is 30.2 Å². The third kappa shape index (κ3) is 3.79. The Hall–Kier alpha value is -0.930. The van der Waals surface area contributed by atoms with E-state index in [9.17, 15) is 0 Å². The van der Waals surface area contributed by atoms with Crippen LogP contribution in [0, 0.1) is 6.92 Å². The van der Waals surface area contributed by atoms with Gasteiger partial charge in [-0.3, -0.25) is 0 Å². The molecule has 0 aromatic heterocycles. The summed E-state index contributed by atoms with van der Waals surface area (Å²) < 4.78 is 1.10. The molecule has 0 unspecified atom stereocenters. The molecule has 2 N–H and O–H groups in total. The molecule has 0 bridgehead atoms. The van der Waals surface area contributed by atoms with Crippen LogP contribution in [0.4, 0.5) is 5.69 Å². The zero-order valence-electron chi connectivity index (χ0n) is 10.3. The van der Waals surface area contributed by atoms with Gasteiger partial charge < -0.3 is 5.73 Å². The van der Waals surface area contributed by atoms with E-state index in [1.165, 1.54) is 16.7 Å². The van der Waals surface area contributed by atoms with Crippen molar-refractivity contribution < 1.29 is 0 Å². The molecule has 0 atom stereocenters. The molecule has 94 valence electrons. The predicted molar refractivity (Wildman–Crippen MR) is 84.7 cm³/mol. The van der Waals surface area contributed by atoms with Crippen LogP contribution in [0.15, 0.2) is 46.9 Å². The first-order valence-electron chi connectivity index (χ1n) is 5.82. The van der Waals surface area contributed by atoms with Gasteiger partial charge in [0.1, 0.15) is 0 Å². The van der Waals surface area contributed by atoms with E-state index in [0.717, 1.165) is 21.7 Å². The zero-order chi connectivity index (χ0) is 13.0. The Morgan fingerprint density at radius 2 is 1.94 bits per heavy atom. The molecule has 0 spiro atoms. The average molecular weight is 322 g/mol. The Labute approximate surface area is 121 Å². The molecular weight excluding hydrogens is 306 g/mol. The van der Waals surface area contributed by atoms with E-state index in [1.807, 2.05) is 23.9 Å². The van der Waals surface area contributed by atoms with Crippen LogP contribution in [0.25, 0.3) is 0 Å². The lowest BCUT2D eigenvalue weighted by molar-refractivity contribution is 1.33. The van der Waals surface area contributed by atoms with Crippen LogP contribution in [0.2, 0.25) is 0 Å². The second-order valence-electron chi connectivity index (χ2n) is 4.33. The molecule has 0 aliphatic rings. The normalized spacial score (nSPS) is 10.6. The lowest BCUT2D eigenvalue weighted by Crippen LogP contribution is -1.89. The number of hydrogen-bond donors (Lipinski definition) is 1. The first-order valence-corrected chi connectivity index (χ1v) is 7.77. The Bertz CT molecular complexity index is 540. The molecule has 0 heterocycles. The van der Waals surface area contributed by atoms with Crippen LogP contribution in [0.5, 0.6) is 0 Å². The third-order valence-electron chi connectivity index (χ3n) is 2.69. The Balaban J connectivity index is 1.92. The van der Waals surface area contributed by atoms with Crippen LogP contribution in [-0.2, 0) is 11.5 Å². The number of thioether (sulfide) groups is 1. The molecule has 3 heteroatoms. The summed E-state index contributed by atoms with van der Waals surface area (Å²) in [6.07, 6.45) is 0. The molecule has 1 nitrogen and oxygen atoms in total. The Morgan fingerprint density at radius 3 is 2.67 bits per heavy atom. The van der Waals surface area contributed by atoms with E-state index in [-0.39, 0.29) is 0 Å². The van der Waals surface area contributed by atoms with Gasteiger partial charge in [0.05, 0.1) is 0 Å². The molecule has 0 saturated heterocycles. The lowest BCUT2D eigenvalue weighted by atomic mass is 10.2. The van der Waals surface area contributed by atoms with Crippen LogP contribution in [0.1, 0.15) is 16.7 Å². The van der Waals surface area contributed by atoms with Crippen LogP contribution in [0.3, 0.4) is 0 Å². The fraction of sp³-hybridized carbons (Fsp3) is 0.200. The van der Waals surface area contributed by atoms with Crippen molar-refractivity contribution in [3.63, 3.8) is 0 Å². The van der Waals surface area contributed by atoms with Crippen molar-refractivity contribution in [3.8, 4) is 0 Å². The van der Waals surface area contributed by atoms with E-state index in [0.29, 0.717) is 0 Å². The molecule has 0 aliphatic heterocycles. The van der Waals surface area contributed by atoms with Crippen LogP contribution in [-0.4, -0.2) is 0 Å². The first-order chi connectivity index (χ1) is 8.65. The van der Waals surface area contributed by atoms with Gasteiger partial charge in [0.25, 0.3) is 0 Å². The number of halogens is 1. The summed E-state index contributed by atoms with van der Waals surface area (Å²) in [6, 6.07) is 14.7. The van der Waals surface area contributed by atoms with Gasteiger partial charge in [0, 0.05) is 21.7 Å². The molecule has 0 saturated carbocycles. The average Bonchev–Trinajstić information content (AvgIpc) is 2.32. The van der Waals surface area contributed by atoms with Crippen molar-refractivity contribution in [2.24, 2.45) is 0 Å². The highest BCUT2D eigenvalue weighted by Crippen LogP contribution is 2.25. The predicted octanol–water partition coefficient (Wildman–Crippen LogP) is 4.77. The topological polar surface area (TPSA) is 26.0 Å². The molecule has 18 heavy (non-hydrogen) atoms. The van der Waals surface area contributed by atoms with Gasteiger partial charge in [-0.2, -0.15) is 11.8 Å². The number of nitrogen functional groups attached to an aromatic ring is 1. The van der Waals surface area contributed by atoms with Crippen molar-refractivity contribution in [1.29, 1.82) is 0 Å². The maximum absolute atomic E-state index is 5.73. The number of rotatable bonds is 4. The van der Waals surface area contributed by atoms with Gasteiger partial charge >= 0.3 is 0 Å². The molecule has 2 aromatic carbocycles. The number of aryl methyl sites for hydroxylation is 1. The molecule has 0 radical (unpaired) electrons. The molecule has 0 fully saturated rings. The first kappa shape index (κ1) is 13.5. The summed E-state index contributed by atoms with van der Waals surface area (Å²) in [4.78, 5) is 0. The highest BCUT2D eigenvalue weighted by Gasteiger charge is 2.01. The molecule has 0 amide bonds. The highest BCUT2D eigenvalue weighted by molar-refractivity contribution is 9.10. The maximum atomic E-state index is 5.73. The third-order valence-corrected chi connectivity index (χ3v) is 4.48. The summed E-state index contributed by atoms with van der Waals surface area (Å²) in [6.45, 7) is 2.13. The minimum Gasteiger partial charge on any atom is -0.399 e. The van der Waals surface area contributed by atoms with Crippen molar-refractivity contribution >= 4 is 33.4 Å². The molecule has 2 aromatic rings. The zero-order valence-corrected chi connectivity index (χ0v) is 12.7.